The van der Waals surface area contributed by atoms with Crippen LogP contribution in [0.15, 0.2) is 44.8 Å². The average molecular weight is 477 g/mol. The van der Waals surface area contributed by atoms with Crippen LogP contribution in [0.2, 0.25) is 0 Å². The number of methoxy groups -OCH3 is 1. The Morgan fingerprint density at radius 2 is 2.00 bits per heavy atom. The van der Waals surface area contributed by atoms with E-state index in [2.05, 4.69) is 15.9 Å². The fraction of sp³-hybridized carbons (Fsp3) is 0.364. The van der Waals surface area contributed by atoms with Crippen LogP contribution in [0.3, 0.4) is 0 Å². The summed E-state index contributed by atoms with van der Waals surface area (Å²) in [5.74, 6) is 0.104. The summed E-state index contributed by atoms with van der Waals surface area (Å²) in [6, 6.07) is 7.71. The predicted octanol–water partition coefficient (Wildman–Crippen LogP) is 3.73. The molecule has 1 aromatic carbocycles. The lowest BCUT2D eigenvalue weighted by molar-refractivity contribution is -0.140. The highest BCUT2D eigenvalue weighted by atomic mass is 79.9. The maximum absolute atomic E-state index is 12.9. The Balaban J connectivity index is 2.08. The zero-order chi connectivity index (χ0) is 22.0. The first-order chi connectivity index (χ1) is 14.2. The van der Waals surface area contributed by atoms with Crippen LogP contribution in [0.4, 0.5) is 0 Å². The summed E-state index contributed by atoms with van der Waals surface area (Å²) < 4.78 is 11.6. The van der Waals surface area contributed by atoms with Gasteiger partial charge in [0, 0.05) is 12.1 Å². The minimum Gasteiger partial charge on any atom is -0.507 e. The molecule has 1 aliphatic rings. The molecule has 1 aliphatic heterocycles. The number of Topliss-reactive ketones (excluding diaryl/α,β-unsaturated/α-hetero) is 1. The topological polar surface area (TPSA) is 83.2 Å². The van der Waals surface area contributed by atoms with E-state index < -0.39 is 17.7 Å². The Labute approximate surface area is 184 Å². The van der Waals surface area contributed by atoms with Gasteiger partial charge in [0.1, 0.15) is 29.1 Å². The fourth-order valence-electron chi connectivity index (χ4n) is 3.53. The van der Waals surface area contributed by atoms with E-state index in [0.29, 0.717) is 40.3 Å². The number of ether oxygens (including phenoxy) is 1. The second-order valence-corrected chi connectivity index (χ2v) is 8.30. The Kier molecular flexibility index (Phi) is 6.67. The molecule has 2 heterocycles. The minimum absolute atomic E-state index is 0.0243. The smallest absolute Gasteiger partial charge is 0.295 e. The molecule has 0 spiro atoms. The van der Waals surface area contributed by atoms with E-state index in [0.717, 1.165) is 6.54 Å². The van der Waals surface area contributed by atoms with Gasteiger partial charge in [0.25, 0.3) is 11.7 Å². The SMILES string of the molecule is COc1ccc(/C(O)=C2/C(=O)C(=O)N(CCCN(C)C)C2c2ccc(C)o2)cc1Br. The highest BCUT2D eigenvalue weighted by Crippen LogP contribution is 2.40. The third kappa shape index (κ3) is 4.29. The zero-order valence-corrected chi connectivity index (χ0v) is 19.0. The third-order valence-corrected chi connectivity index (χ3v) is 5.62. The molecule has 1 amide bonds. The number of carbonyl (C=O) groups is 2. The molecule has 1 saturated heterocycles. The number of ketones is 1. The van der Waals surface area contributed by atoms with Crippen molar-refractivity contribution in [1.82, 2.24) is 9.80 Å². The Bertz CT molecular complexity index is 995. The van der Waals surface area contributed by atoms with E-state index in [9.17, 15) is 14.7 Å². The first-order valence-electron chi connectivity index (χ1n) is 9.58. The van der Waals surface area contributed by atoms with Crippen LogP contribution in [0, 0.1) is 6.92 Å². The van der Waals surface area contributed by atoms with Crippen LogP contribution in [-0.4, -0.2) is 60.9 Å². The highest BCUT2D eigenvalue weighted by molar-refractivity contribution is 9.10. The van der Waals surface area contributed by atoms with Crippen molar-refractivity contribution in [2.45, 2.75) is 19.4 Å². The number of likely N-dealkylation sites (tertiary alicyclic amines) is 1. The average Bonchev–Trinajstić information content (AvgIpc) is 3.23. The number of hydrogen-bond donors (Lipinski definition) is 1. The van der Waals surface area contributed by atoms with Crippen LogP contribution in [0.25, 0.3) is 5.76 Å². The molecule has 0 radical (unpaired) electrons. The summed E-state index contributed by atoms with van der Waals surface area (Å²) in [5, 5.41) is 11.0. The van der Waals surface area contributed by atoms with Crippen LogP contribution in [-0.2, 0) is 9.59 Å². The van der Waals surface area contributed by atoms with E-state index in [-0.39, 0.29) is 11.3 Å². The number of carbonyl (C=O) groups excluding carboxylic acids is 2. The third-order valence-electron chi connectivity index (χ3n) is 5.00. The molecule has 0 saturated carbocycles. The Morgan fingerprint density at radius 3 is 2.57 bits per heavy atom. The molecule has 160 valence electrons. The summed E-state index contributed by atoms with van der Waals surface area (Å²) in [6.45, 7) is 2.93. The summed E-state index contributed by atoms with van der Waals surface area (Å²) in [7, 11) is 5.43. The van der Waals surface area contributed by atoms with Crippen molar-refractivity contribution in [3.05, 3.63) is 57.5 Å². The van der Waals surface area contributed by atoms with Crippen LogP contribution in [0.1, 0.15) is 29.5 Å². The molecular weight excluding hydrogens is 452 g/mol. The van der Waals surface area contributed by atoms with Gasteiger partial charge in [-0.1, -0.05) is 0 Å². The molecule has 1 fully saturated rings. The lowest BCUT2D eigenvalue weighted by atomic mass is 9.99. The number of benzene rings is 1. The maximum Gasteiger partial charge on any atom is 0.295 e. The number of nitrogens with zero attached hydrogens (tertiary/aromatic N) is 2. The van der Waals surface area contributed by atoms with Gasteiger partial charge < -0.3 is 24.1 Å². The summed E-state index contributed by atoms with van der Waals surface area (Å²) >= 11 is 3.39. The summed E-state index contributed by atoms with van der Waals surface area (Å²) in [6.07, 6.45) is 0.685. The van der Waals surface area contributed by atoms with E-state index >= 15 is 0 Å². The number of halogens is 1. The van der Waals surface area contributed by atoms with Gasteiger partial charge in [-0.25, -0.2) is 0 Å². The molecule has 1 unspecified atom stereocenters. The number of furan rings is 1. The second-order valence-electron chi connectivity index (χ2n) is 7.45. The van der Waals surface area contributed by atoms with Crippen LogP contribution < -0.4 is 4.74 Å². The standard InChI is InChI=1S/C22H25BrN2O5/c1-13-6-8-17(30-13)19-18(20(26)14-7-9-16(29-4)15(23)12-14)21(27)22(28)25(19)11-5-10-24(2)3/h6-9,12,19,26H,5,10-11H2,1-4H3/b20-18-. The van der Waals surface area contributed by atoms with Gasteiger partial charge in [0.15, 0.2) is 0 Å². The van der Waals surface area contributed by atoms with Crippen molar-refractivity contribution < 1.29 is 23.8 Å². The normalized spacial score (nSPS) is 18.5. The molecule has 30 heavy (non-hydrogen) atoms. The molecule has 7 nitrogen and oxygen atoms in total. The predicted molar refractivity (Wildman–Crippen MR) is 116 cm³/mol. The molecule has 8 heteroatoms. The fourth-order valence-corrected chi connectivity index (χ4v) is 4.07. The molecule has 0 aliphatic carbocycles. The quantitative estimate of drug-likeness (QED) is 0.372. The maximum atomic E-state index is 12.9. The molecule has 1 aromatic heterocycles. The first-order valence-corrected chi connectivity index (χ1v) is 10.4. The van der Waals surface area contributed by atoms with Crippen molar-refractivity contribution in [2.24, 2.45) is 0 Å². The molecule has 1 N–H and O–H groups in total. The van der Waals surface area contributed by atoms with Crippen molar-refractivity contribution >= 4 is 33.4 Å². The van der Waals surface area contributed by atoms with E-state index in [1.165, 1.54) is 12.0 Å². The number of aliphatic hydroxyl groups excluding tert-OH is 1. The van der Waals surface area contributed by atoms with Crippen molar-refractivity contribution in [3.8, 4) is 5.75 Å². The van der Waals surface area contributed by atoms with Crippen LogP contribution in [0.5, 0.6) is 5.75 Å². The minimum atomic E-state index is -0.776. The number of aryl methyl sites for hydroxylation is 1. The van der Waals surface area contributed by atoms with E-state index in [1.807, 2.05) is 19.0 Å². The lowest BCUT2D eigenvalue weighted by Gasteiger charge is -2.24. The number of aliphatic hydroxyl groups is 1. The largest absolute Gasteiger partial charge is 0.507 e. The Hall–Kier alpha value is -2.58. The van der Waals surface area contributed by atoms with Crippen molar-refractivity contribution in [3.63, 3.8) is 0 Å². The summed E-state index contributed by atoms with van der Waals surface area (Å²) in [5.41, 5.74) is 0.429. The van der Waals surface area contributed by atoms with E-state index in [4.69, 9.17) is 9.15 Å². The van der Waals surface area contributed by atoms with Gasteiger partial charge in [-0.05, 0) is 80.2 Å². The number of rotatable bonds is 7. The van der Waals surface area contributed by atoms with Gasteiger partial charge in [-0.2, -0.15) is 0 Å². The van der Waals surface area contributed by atoms with Crippen LogP contribution >= 0.6 is 15.9 Å². The lowest BCUT2D eigenvalue weighted by Crippen LogP contribution is -2.32. The molecule has 0 bridgehead atoms. The first kappa shape index (κ1) is 22.1. The molecule has 1 atom stereocenters. The molecule has 3 rings (SSSR count). The number of hydrogen-bond acceptors (Lipinski definition) is 6. The second kappa shape index (κ2) is 9.06. The van der Waals surface area contributed by atoms with Gasteiger partial charge in [0.2, 0.25) is 0 Å². The van der Waals surface area contributed by atoms with E-state index in [1.54, 1.807) is 37.3 Å². The Morgan fingerprint density at radius 1 is 1.27 bits per heavy atom. The van der Waals surface area contributed by atoms with Crippen molar-refractivity contribution in [2.75, 3.05) is 34.3 Å². The van der Waals surface area contributed by atoms with Crippen molar-refractivity contribution in [1.29, 1.82) is 0 Å². The highest BCUT2D eigenvalue weighted by Gasteiger charge is 2.47. The molecular formula is C22H25BrN2O5. The van der Waals surface area contributed by atoms with Gasteiger partial charge >= 0.3 is 0 Å². The monoisotopic (exact) mass is 476 g/mol. The molecule has 2 aromatic rings. The summed E-state index contributed by atoms with van der Waals surface area (Å²) in [4.78, 5) is 29.3. The van der Waals surface area contributed by atoms with Gasteiger partial charge in [0.05, 0.1) is 17.2 Å². The van der Waals surface area contributed by atoms with Gasteiger partial charge in [-0.15, -0.1) is 0 Å². The number of amides is 1. The van der Waals surface area contributed by atoms with Gasteiger partial charge in [-0.3, -0.25) is 9.59 Å². The zero-order valence-electron chi connectivity index (χ0n) is 17.4.